The zero-order valence-electron chi connectivity index (χ0n) is 15.9. The molecule has 146 valence electrons. The standard InChI is InChI=1S/C22H23ClFN3O/c1-2-3-11-26-13-15(12-21(26)28)22-25-19-9-4-5-10-20(19)27(22)14-16-17(23)7-6-8-18(16)24/h4-10,15H,2-3,11-14H2,1H3/t15-/m1/s1. The van der Waals surface area contributed by atoms with Crippen LogP contribution in [0.25, 0.3) is 11.0 Å². The number of hydrogen-bond acceptors (Lipinski definition) is 2. The first-order valence-corrected chi connectivity index (χ1v) is 10.1. The monoisotopic (exact) mass is 399 g/mol. The van der Waals surface area contributed by atoms with Gasteiger partial charge in [-0.2, -0.15) is 0 Å². The van der Waals surface area contributed by atoms with Gasteiger partial charge in [-0.3, -0.25) is 4.79 Å². The smallest absolute Gasteiger partial charge is 0.223 e. The minimum atomic E-state index is -0.330. The van der Waals surface area contributed by atoms with E-state index in [2.05, 4.69) is 6.92 Å². The molecule has 1 amide bonds. The van der Waals surface area contributed by atoms with Gasteiger partial charge in [-0.15, -0.1) is 0 Å². The summed E-state index contributed by atoms with van der Waals surface area (Å²) >= 11 is 6.28. The summed E-state index contributed by atoms with van der Waals surface area (Å²) in [5.41, 5.74) is 2.22. The third-order valence-electron chi connectivity index (χ3n) is 5.42. The second-order valence-electron chi connectivity index (χ2n) is 7.34. The Morgan fingerprint density at radius 1 is 1.21 bits per heavy atom. The molecular weight excluding hydrogens is 377 g/mol. The molecule has 2 heterocycles. The van der Waals surface area contributed by atoms with Crippen LogP contribution in [0, 0.1) is 5.82 Å². The Morgan fingerprint density at radius 3 is 2.82 bits per heavy atom. The molecule has 6 heteroatoms. The number of aromatic nitrogens is 2. The Kier molecular flexibility index (Phi) is 5.36. The highest BCUT2D eigenvalue weighted by Crippen LogP contribution is 2.32. The third-order valence-corrected chi connectivity index (χ3v) is 5.78. The number of hydrogen-bond donors (Lipinski definition) is 0. The lowest BCUT2D eigenvalue weighted by Gasteiger charge is -2.17. The predicted octanol–water partition coefficient (Wildman–Crippen LogP) is 4.99. The maximum absolute atomic E-state index is 14.4. The van der Waals surface area contributed by atoms with Crippen molar-refractivity contribution >= 4 is 28.5 Å². The van der Waals surface area contributed by atoms with Crippen LogP contribution in [0.4, 0.5) is 4.39 Å². The number of imidazole rings is 1. The normalized spacial score (nSPS) is 17.0. The average molecular weight is 400 g/mol. The number of nitrogens with zero attached hydrogens (tertiary/aromatic N) is 3. The Morgan fingerprint density at radius 2 is 2.04 bits per heavy atom. The molecule has 4 rings (SSSR count). The molecule has 1 fully saturated rings. The van der Waals surface area contributed by atoms with Crippen molar-refractivity contribution in [2.24, 2.45) is 0 Å². The van der Waals surface area contributed by atoms with E-state index in [4.69, 9.17) is 16.6 Å². The van der Waals surface area contributed by atoms with Gasteiger partial charge in [0.1, 0.15) is 11.6 Å². The summed E-state index contributed by atoms with van der Waals surface area (Å²) in [5.74, 6) is 0.666. The minimum Gasteiger partial charge on any atom is -0.342 e. The van der Waals surface area contributed by atoms with Crippen LogP contribution >= 0.6 is 11.6 Å². The molecule has 4 nitrogen and oxygen atoms in total. The molecule has 28 heavy (non-hydrogen) atoms. The summed E-state index contributed by atoms with van der Waals surface area (Å²) in [6.07, 6.45) is 2.50. The van der Waals surface area contributed by atoms with Crippen LogP contribution < -0.4 is 0 Å². The average Bonchev–Trinajstić information content (AvgIpc) is 3.23. The van der Waals surface area contributed by atoms with Crippen molar-refractivity contribution in [1.29, 1.82) is 0 Å². The second-order valence-corrected chi connectivity index (χ2v) is 7.75. The van der Waals surface area contributed by atoms with Gasteiger partial charge in [-0.05, 0) is 30.7 Å². The molecule has 2 aromatic carbocycles. The van der Waals surface area contributed by atoms with Crippen LogP contribution in [-0.2, 0) is 11.3 Å². The zero-order chi connectivity index (χ0) is 19.7. The SMILES string of the molecule is CCCCN1C[C@H](c2nc3ccccc3n2Cc2c(F)cccc2Cl)CC1=O. The van der Waals surface area contributed by atoms with Gasteiger partial charge in [0.25, 0.3) is 0 Å². The summed E-state index contributed by atoms with van der Waals surface area (Å²) in [5, 5.41) is 0.399. The highest BCUT2D eigenvalue weighted by atomic mass is 35.5. The molecule has 0 unspecified atom stereocenters. The number of para-hydroxylation sites is 2. The van der Waals surface area contributed by atoms with E-state index in [0.29, 0.717) is 30.1 Å². The maximum Gasteiger partial charge on any atom is 0.223 e. The Bertz CT molecular complexity index is 996. The van der Waals surface area contributed by atoms with E-state index in [9.17, 15) is 9.18 Å². The fourth-order valence-corrected chi connectivity index (χ4v) is 4.15. The van der Waals surface area contributed by atoms with E-state index in [0.717, 1.165) is 36.2 Å². The van der Waals surface area contributed by atoms with E-state index < -0.39 is 0 Å². The van der Waals surface area contributed by atoms with Gasteiger partial charge in [-0.1, -0.05) is 43.1 Å². The molecule has 0 radical (unpaired) electrons. The van der Waals surface area contributed by atoms with Gasteiger partial charge in [0.15, 0.2) is 0 Å². The molecule has 1 saturated heterocycles. The zero-order valence-corrected chi connectivity index (χ0v) is 16.6. The lowest BCUT2D eigenvalue weighted by molar-refractivity contribution is -0.127. The van der Waals surface area contributed by atoms with Crippen molar-refractivity contribution in [3.05, 3.63) is 64.7 Å². The van der Waals surface area contributed by atoms with Crippen LogP contribution in [0.2, 0.25) is 5.02 Å². The van der Waals surface area contributed by atoms with Gasteiger partial charge < -0.3 is 9.47 Å². The fraction of sp³-hybridized carbons (Fsp3) is 0.364. The summed E-state index contributed by atoms with van der Waals surface area (Å²) in [6.45, 7) is 3.86. The maximum atomic E-state index is 14.4. The van der Waals surface area contributed by atoms with E-state index in [1.165, 1.54) is 6.07 Å². The predicted molar refractivity (Wildman–Crippen MR) is 109 cm³/mol. The van der Waals surface area contributed by atoms with Crippen LogP contribution in [-0.4, -0.2) is 33.4 Å². The molecular formula is C22H23ClFN3O. The summed E-state index contributed by atoms with van der Waals surface area (Å²) in [7, 11) is 0. The molecule has 1 atom stereocenters. The quantitative estimate of drug-likeness (QED) is 0.585. The number of halogens is 2. The Hall–Kier alpha value is -2.40. The number of unbranched alkanes of at least 4 members (excludes halogenated alkanes) is 1. The minimum absolute atomic E-state index is 0.00213. The number of benzene rings is 2. The summed E-state index contributed by atoms with van der Waals surface area (Å²) in [6, 6.07) is 12.5. The van der Waals surface area contributed by atoms with E-state index in [1.54, 1.807) is 12.1 Å². The highest BCUT2D eigenvalue weighted by molar-refractivity contribution is 6.31. The van der Waals surface area contributed by atoms with Gasteiger partial charge in [-0.25, -0.2) is 9.37 Å². The molecule has 1 aromatic heterocycles. The van der Waals surface area contributed by atoms with Crippen LogP contribution in [0.3, 0.4) is 0 Å². The molecule has 0 aliphatic carbocycles. The van der Waals surface area contributed by atoms with Crippen molar-refractivity contribution in [1.82, 2.24) is 14.5 Å². The largest absolute Gasteiger partial charge is 0.342 e. The Labute approximate surface area is 168 Å². The molecule has 3 aromatic rings. The number of fused-ring (bicyclic) bond motifs is 1. The number of amides is 1. The second kappa shape index (κ2) is 7.92. The molecule has 0 spiro atoms. The lowest BCUT2D eigenvalue weighted by Crippen LogP contribution is -2.26. The fourth-order valence-electron chi connectivity index (χ4n) is 3.92. The van der Waals surface area contributed by atoms with E-state index in [1.807, 2.05) is 33.7 Å². The van der Waals surface area contributed by atoms with E-state index >= 15 is 0 Å². The van der Waals surface area contributed by atoms with Crippen molar-refractivity contribution in [3.8, 4) is 0 Å². The molecule has 0 saturated carbocycles. The highest BCUT2D eigenvalue weighted by Gasteiger charge is 2.33. The van der Waals surface area contributed by atoms with Gasteiger partial charge in [0, 0.05) is 36.0 Å². The first-order valence-electron chi connectivity index (χ1n) is 9.74. The first kappa shape index (κ1) is 18.9. The topological polar surface area (TPSA) is 38.1 Å². The van der Waals surface area contributed by atoms with Gasteiger partial charge in [0.05, 0.1) is 17.6 Å². The number of carbonyl (C=O) groups excluding carboxylic acids is 1. The number of carbonyl (C=O) groups is 1. The molecule has 1 aliphatic heterocycles. The number of likely N-dealkylation sites (tertiary alicyclic amines) is 1. The van der Waals surface area contributed by atoms with Gasteiger partial charge >= 0.3 is 0 Å². The van der Waals surface area contributed by atoms with Crippen LogP contribution in [0.5, 0.6) is 0 Å². The summed E-state index contributed by atoms with van der Waals surface area (Å²) < 4.78 is 16.4. The van der Waals surface area contributed by atoms with Crippen LogP contribution in [0.1, 0.15) is 43.5 Å². The number of rotatable bonds is 6. The van der Waals surface area contributed by atoms with Crippen molar-refractivity contribution in [2.45, 2.75) is 38.6 Å². The molecule has 0 bridgehead atoms. The summed E-state index contributed by atoms with van der Waals surface area (Å²) in [4.78, 5) is 19.2. The van der Waals surface area contributed by atoms with Crippen molar-refractivity contribution in [3.63, 3.8) is 0 Å². The molecule has 1 aliphatic rings. The lowest BCUT2D eigenvalue weighted by atomic mass is 10.1. The van der Waals surface area contributed by atoms with Crippen molar-refractivity contribution < 1.29 is 9.18 Å². The van der Waals surface area contributed by atoms with E-state index in [-0.39, 0.29) is 17.6 Å². The van der Waals surface area contributed by atoms with Gasteiger partial charge in [0.2, 0.25) is 5.91 Å². The van der Waals surface area contributed by atoms with Crippen molar-refractivity contribution in [2.75, 3.05) is 13.1 Å². The molecule has 0 N–H and O–H groups in total. The van der Waals surface area contributed by atoms with Crippen LogP contribution in [0.15, 0.2) is 42.5 Å². The first-order chi connectivity index (χ1) is 13.6. The Balaban J connectivity index is 1.73. The third kappa shape index (κ3) is 3.51.